The second-order valence-electron chi connectivity index (χ2n) is 3.85. The van der Waals surface area contributed by atoms with E-state index in [4.69, 9.17) is 4.74 Å². The first-order valence-electron chi connectivity index (χ1n) is 5.75. The van der Waals surface area contributed by atoms with Crippen molar-refractivity contribution < 1.29 is 4.74 Å². The molecule has 18 heavy (non-hydrogen) atoms. The minimum Gasteiger partial charge on any atom is -0.453 e. The zero-order valence-electron chi connectivity index (χ0n) is 9.71. The molecule has 0 amide bonds. The second kappa shape index (κ2) is 4.75. The summed E-state index contributed by atoms with van der Waals surface area (Å²) >= 11 is 0. The number of allylic oxidation sites excluding steroid dienone is 2. The van der Waals surface area contributed by atoms with Crippen molar-refractivity contribution >= 4 is 12.0 Å². The molecule has 0 bridgehead atoms. The van der Waals surface area contributed by atoms with Gasteiger partial charge in [-0.05, 0) is 36.4 Å². The highest BCUT2D eigenvalue weighted by Crippen LogP contribution is 2.25. The molecule has 1 aliphatic rings. The molecule has 0 unspecified atom stereocenters. The van der Waals surface area contributed by atoms with Crippen LogP contribution in [0.25, 0.3) is 5.76 Å². The fraction of sp³-hybridized carbons (Fsp3) is 0. The Morgan fingerprint density at radius 1 is 1.06 bits per heavy atom. The van der Waals surface area contributed by atoms with E-state index in [2.05, 4.69) is 9.98 Å². The summed E-state index contributed by atoms with van der Waals surface area (Å²) < 4.78 is 5.93. The van der Waals surface area contributed by atoms with Gasteiger partial charge in [0.2, 0.25) is 0 Å². The zero-order chi connectivity index (χ0) is 12.2. The summed E-state index contributed by atoms with van der Waals surface area (Å²) in [6, 6.07) is 13.6. The number of aliphatic imine (C=N–C) groups is 1. The standard InChI is InChI=1S/C15H12N2O/c1-2-6-12(7-3-1)18-15(13-8-4-10-16-13)14-9-5-11-17-14/h1-11,16H/b15-14-. The van der Waals surface area contributed by atoms with Crippen LogP contribution in [0.3, 0.4) is 0 Å². The number of aromatic amines is 1. The molecule has 3 rings (SSSR count). The normalized spacial score (nSPS) is 16.0. The van der Waals surface area contributed by atoms with Crippen LogP contribution in [-0.2, 0) is 0 Å². The van der Waals surface area contributed by atoms with E-state index in [-0.39, 0.29) is 0 Å². The Hall–Kier alpha value is -2.55. The lowest BCUT2D eigenvalue weighted by Gasteiger charge is -2.10. The maximum atomic E-state index is 5.93. The molecule has 1 aromatic carbocycles. The number of hydrogen-bond acceptors (Lipinski definition) is 2. The molecule has 1 N–H and O–H groups in total. The van der Waals surface area contributed by atoms with Crippen LogP contribution in [0.1, 0.15) is 5.69 Å². The molecule has 2 aromatic rings. The average Bonchev–Trinajstić information content (AvgIpc) is 3.11. The minimum atomic E-state index is 0.733. The molecule has 0 saturated heterocycles. The molecule has 1 aliphatic heterocycles. The minimum absolute atomic E-state index is 0.733. The molecule has 88 valence electrons. The first-order chi connectivity index (χ1) is 8.93. The molecule has 2 heterocycles. The number of nitrogens with one attached hydrogen (secondary N) is 1. The monoisotopic (exact) mass is 236 g/mol. The van der Waals surface area contributed by atoms with Crippen LogP contribution in [0.4, 0.5) is 0 Å². The molecular formula is C15H12N2O. The Balaban J connectivity index is 2.00. The summed E-state index contributed by atoms with van der Waals surface area (Å²) in [5.74, 6) is 1.53. The molecular weight excluding hydrogens is 224 g/mol. The van der Waals surface area contributed by atoms with Crippen molar-refractivity contribution in [3.05, 3.63) is 72.2 Å². The maximum Gasteiger partial charge on any atom is 0.176 e. The first-order valence-corrected chi connectivity index (χ1v) is 5.75. The van der Waals surface area contributed by atoms with Gasteiger partial charge in [0.1, 0.15) is 11.4 Å². The molecule has 3 nitrogen and oxygen atoms in total. The SMILES string of the molecule is C1=C/C(=C(/Oc2ccccc2)c2ccc[nH]2)N=C1. The number of nitrogens with zero attached hydrogens (tertiary/aromatic N) is 1. The van der Waals surface area contributed by atoms with E-state index in [9.17, 15) is 0 Å². The van der Waals surface area contributed by atoms with Gasteiger partial charge < -0.3 is 9.72 Å². The highest BCUT2D eigenvalue weighted by atomic mass is 16.5. The predicted octanol–water partition coefficient (Wildman–Crippen LogP) is 3.40. The lowest BCUT2D eigenvalue weighted by Crippen LogP contribution is -1.98. The highest BCUT2D eigenvalue weighted by Gasteiger charge is 2.12. The molecule has 0 fully saturated rings. The van der Waals surface area contributed by atoms with Crippen molar-refractivity contribution in [2.75, 3.05) is 0 Å². The first kappa shape index (κ1) is 10.6. The van der Waals surface area contributed by atoms with E-state index in [1.54, 1.807) is 6.21 Å². The van der Waals surface area contributed by atoms with Gasteiger partial charge in [-0.1, -0.05) is 18.2 Å². The number of para-hydroxylation sites is 1. The van der Waals surface area contributed by atoms with Crippen LogP contribution in [0.15, 0.2) is 71.5 Å². The van der Waals surface area contributed by atoms with Gasteiger partial charge in [-0.15, -0.1) is 0 Å². The van der Waals surface area contributed by atoms with Crippen LogP contribution < -0.4 is 4.74 Å². The van der Waals surface area contributed by atoms with Crippen LogP contribution in [0.2, 0.25) is 0 Å². The van der Waals surface area contributed by atoms with E-state index < -0.39 is 0 Å². The number of hydrogen-bond donors (Lipinski definition) is 1. The van der Waals surface area contributed by atoms with Gasteiger partial charge in [0.25, 0.3) is 0 Å². The fourth-order valence-electron chi connectivity index (χ4n) is 1.76. The summed E-state index contributed by atoms with van der Waals surface area (Å²) in [5, 5.41) is 0. The van der Waals surface area contributed by atoms with E-state index in [0.29, 0.717) is 0 Å². The summed E-state index contributed by atoms with van der Waals surface area (Å²) in [4.78, 5) is 7.43. The van der Waals surface area contributed by atoms with Crippen LogP contribution in [0, 0.1) is 0 Å². The molecule has 0 aliphatic carbocycles. The molecule has 3 heteroatoms. The van der Waals surface area contributed by atoms with Crippen LogP contribution in [-0.4, -0.2) is 11.2 Å². The predicted molar refractivity (Wildman–Crippen MR) is 72.4 cm³/mol. The van der Waals surface area contributed by atoms with Gasteiger partial charge in [0.05, 0.1) is 5.69 Å². The molecule has 1 aromatic heterocycles. The summed E-state index contributed by atoms with van der Waals surface area (Å²) in [6.45, 7) is 0. The second-order valence-corrected chi connectivity index (χ2v) is 3.85. The van der Waals surface area contributed by atoms with E-state index in [0.717, 1.165) is 22.9 Å². The Bertz CT molecular complexity index is 593. The van der Waals surface area contributed by atoms with E-state index >= 15 is 0 Å². The molecule has 0 saturated carbocycles. The number of rotatable bonds is 3. The smallest absolute Gasteiger partial charge is 0.176 e. The van der Waals surface area contributed by atoms with Gasteiger partial charge in [-0.25, -0.2) is 0 Å². The van der Waals surface area contributed by atoms with Gasteiger partial charge in [0.15, 0.2) is 5.76 Å². The van der Waals surface area contributed by atoms with Gasteiger partial charge in [-0.2, -0.15) is 0 Å². The number of ether oxygens (including phenoxy) is 1. The third kappa shape index (κ3) is 2.11. The van der Waals surface area contributed by atoms with Crippen molar-refractivity contribution in [3.8, 4) is 5.75 Å². The van der Waals surface area contributed by atoms with Crippen LogP contribution in [0.5, 0.6) is 5.75 Å². The fourth-order valence-corrected chi connectivity index (χ4v) is 1.76. The highest BCUT2D eigenvalue weighted by molar-refractivity contribution is 5.81. The Kier molecular flexibility index (Phi) is 2.80. The van der Waals surface area contributed by atoms with Crippen molar-refractivity contribution in [2.24, 2.45) is 4.99 Å². The van der Waals surface area contributed by atoms with E-state index in [1.807, 2.05) is 60.8 Å². The summed E-state index contributed by atoms with van der Waals surface area (Å²) in [5.41, 5.74) is 1.74. The van der Waals surface area contributed by atoms with Crippen molar-refractivity contribution in [1.29, 1.82) is 0 Å². The third-order valence-electron chi connectivity index (χ3n) is 2.59. The van der Waals surface area contributed by atoms with Gasteiger partial charge in [-0.3, -0.25) is 4.99 Å². The number of benzene rings is 1. The van der Waals surface area contributed by atoms with Gasteiger partial charge >= 0.3 is 0 Å². The lowest BCUT2D eigenvalue weighted by atomic mass is 10.2. The Morgan fingerprint density at radius 3 is 2.61 bits per heavy atom. The van der Waals surface area contributed by atoms with Gasteiger partial charge in [0, 0.05) is 12.4 Å². The quantitative estimate of drug-likeness (QED) is 0.815. The largest absolute Gasteiger partial charge is 0.453 e. The number of aromatic nitrogens is 1. The average molecular weight is 236 g/mol. The molecule has 0 atom stereocenters. The van der Waals surface area contributed by atoms with Crippen molar-refractivity contribution in [3.63, 3.8) is 0 Å². The topological polar surface area (TPSA) is 37.4 Å². The summed E-state index contributed by atoms with van der Waals surface area (Å²) in [6.07, 6.45) is 7.45. The molecule has 0 spiro atoms. The zero-order valence-corrected chi connectivity index (χ0v) is 9.71. The molecule has 0 radical (unpaired) electrons. The third-order valence-corrected chi connectivity index (χ3v) is 2.59. The number of H-pyrrole nitrogens is 1. The Labute approximate surface area is 105 Å². The van der Waals surface area contributed by atoms with Crippen LogP contribution >= 0.6 is 0 Å². The van der Waals surface area contributed by atoms with Crippen molar-refractivity contribution in [2.45, 2.75) is 0 Å². The maximum absolute atomic E-state index is 5.93. The summed E-state index contributed by atoms with van der Waals surface area (Å²) in [7, 11) is 0. The van der Waals surface area contributed by atoms with E-state index in [1.165, 1.54) is 0 Å². The Morgan fingerprint density at radius 2 is 1.94 bits per heavy atom. The lowest BCUT2D eigenvalue weighted by molar-refractivity contribution is 0.509. The van der Waals surface area contributed by atoms with Crippen molar-refractivity contribution in [1.82, 2.24) is 4.98 Å².